The molecule has 0 saturated carbocycles. The van der Waals surface area contributed by atoms with Crippen LogP contribution in [0.3, 0.4) is 0 Å². The second kappa shape index (κ2) is 47.7. The number of unbranched alkanes of at least 4 members (excludes halogenated alkanes) is 31. The van der Waals surface area contributed by atoms with Gasteiger partial charge in [0.15, 0.2) is 6.10 Å². The lowest BCUT2D eigenvalue weighted by Crippen LogP contribution is -2.30. The van der Waals surface area contributed by atoms with Crippen molar-refractivity contribution in [1.82, 2.24) is 0 Å². The number of aliphatic hydroxyl groups excluding tert-OH is 1. The Labute approximate surface area is 392 Å². The molecule has 64 heavy (non-hydrogen) atoms. The lowest BCUT2D eigenvalue weighted by molar-refractivity contribution is -0.161. The number of carbonyl (C=O) groups is 3. The fourth-order valence-corrected chi connectivity index (χ4v) is 8.37. The number of hydrogen-bond donors (Lipinski definition) is 2. The van der Waals surface area contributed by atoms with Crippen molar-refractivity contribution in [2.24, 2.45) is 0 Å². The molecule has 0 aliphatic rings. The average molecular weight is 931 g/mol. The van der Waals surface area contributed by atoms with Gasteiger partial charge in [-0.15, -0.1) is 0 Å². The normalized spacial score (nSPS) is 13.5. The van der Waals surface area contributed by atoms with Crippen LogP contribution in [0.15, 0.2) is 12.2 Å². The summed E-state index contributed by atoms with van der Waals surface area (Å²) < 4.78 is 39.3. The molecule has 2 N–H and O–H groups in total. The number of ether oxygens (including phenoxy) is 3. The fraction of sp³-hybridized carbons (Fsp3) is 0.904. The number of aliphatic hydroxyl groups is 1. The first kappa shape index (κ1) is 62.2. The van der Waals surface area contributed by atoms with Gasteiger partial charge >= 0.3 is 25.7 Å². The summed E-state index contributed by atoms with van der Waals surface area (Å²) in [5, 5.41) is 9.76. The van der Waals surface area contributed by atoms with Crippen LogP contribution < -0.4 is 0 Å². The topological polar surface area (TPSA) is 155 Å². The van der Waals surface area contributed by atoms with Gasteiger partial charge in [0.25, 0.3) is 0 Å². The number of phosphoric ester groups is 1. The largest absolute Gasteiger partial charge is 0.472 e. The number of allylic oxidation sites excluding steroid dienone is 2. The van der Waals surface area contributed by atoms with E-state index in [-0.39, 0.29) is 25.9 Å². The number of phosphoric acid groups is 1. The van der Waals surface area contributed by atoms with Gasteiger partial charge in [-0.3, -0.25) is 23.4 Å². The van der Waals surface area contributed by atoms with Gasteiger partial charge in [0.2, 0.25) is 0 Å². The van der Waals surface area contributed by atoms with Crippen molar-refractivity contribution in [1.29, 1.82) is 0 Å². The molecular weight excluding hydrogens is 832 g/mol. The van der Waals surface area contributed by atoms with Gasteiger partial charge in [-0.25, -0.2) is 4.57 Å². The maximum atomic E-state index is 12.8. The SMILES string of the molecule is CCCCCCCC/C=C\CCCCCCCC(=O)OC(COC(=O)CCCCCCCCCCCCC)COP(=O)(O)OCC(CO)OC(=O)CCCCCCCCCCCCC. The van der Waals surface area contributed by atoms with Crippen LogP contribution in [0.4, 0.5) is 0 Å². The Hall–Kier alpha value is -1.78. The number of rotatable bonds is 50. The molecule has 0 aromatic heterocycles. The van der Waals surface area contributed by atoms with Crippen LogP contribution in [0.1, 0.15) is 265 Å². The molecule has 0 radical (unpaired) electrons. The molecule has 378 valence electrons. The smallest absolute Gasteiger partial charge is 0.462 e. The monoisotopic (exact) mass is 931 g/mol. The Bertz CT molecular complexity index is 1130. The molecular formula is C52H99O11P. The lowest BCUT2D eigenvalue weighted by Gasteiger charge is -2.21. The molecule has 12 heteroatoms. The summed E-state index contributed by atoms with van der Waals surface area (Å²) in [6.07, 6.45) is 43.2. The van der Waals surface area contributed by atoms with Crippen molar-refractivity contribution < 1.29 is 52.2 Å². The van der Waals surface area contributed by atoms with Crippen molar-refractivity contribution in [2.75, 3.05) is 26.4 Å². The van der Waals surface area contributed by atoms with E-state index in [1.165, 1.54) is 128 Å². The highest BCUT2D eigenvalue weighted by atomic mass is 31.2. The predicted molar refractivity (Wildman–Crippen MR) is 261 cm³/mol. The van der Waals surface area contributed by atoms with Crippen LogP contribution in [0, 0.1) is 0 Å². The maximum absolute atomic E-state index is 12.8. The van der Waals surface area contributed by atoms with E-state index in [0.717, 1.165) is 77.0 Å². The molecule has 11 nitrogen and oxygen atoms in total. The molecule has 3 atom stereocenters. The highest BCUT2D eigenvalue weighted by Crippen LogP contribution is 2.43. The summed E-state index contributed by atoms with van der Waals surface area (Å²) in [6.45, 7) is 4.64. The molecule has 0 bridgehead atoms. The molecule has 0 saturated heterocycles. The fourth-order valence-electron chi connectivity index (χ4n) is 7.59. The summed E-state index contributed by atoms with van der Waals surface area (Å²) in [4.78, 5) is 48.2. The van der Waals surface area contributed by atoms with Gasteiger partial charge in [-0.1, -0.05) is 213 Å². The quantitative estimate of drug-likeness (QED) is 0.0197. The van der Waals surface area contributed by atoms with Crippen LogP contribution in [-0.2, 0) is 42.2 Å². The van der Waals surface area contributed by atoms with E-state index in [2.05, 4.69) is 32.9 Å². The Balaban J connectivity index is 4.71. The van der Waals surface area contributed by atoms with E-state index < -0.39 is 57.8 Å². The van der Waals surface area contributed by atoms with E-state index >= 15 is 0 Å². The summed E-state index contributed by atoms with van der Waals surface area (Å²) in [6, 6.07) is 0. The second-order valence-electron chi connectivity index (χ2n) is 18.1. The Morgan fingerprint density at radius 1 is 0.422 bits per heavy atom. The standard InChI is InChI=1S/C52H99O11P/c1-4-7-10-13-16-19-22-23-24-25-28-31-34-37-40-43-52(56)63-49(45-59-50(54)41-38-35-32-29-26-20-17-14-11-8-5-2)47-61-64(57,58)60-46-48(44-53)62-51(55)42-39-36-33-30-27-21-18-15-12-9-6-3/h23-24,48-49,53H,4-22,25-47H2,1-3H3,(H,57,58)/b24-23-. The molecule has 0 heterocycles. The number of carbonyl (C=O) groups excluding carboxylic acids is 3. The molecule has 0 amide bonds. The number of esters is 3. The minimum atomic E-state index is -4.73. The van der Waals surface area contributed by atoms with Crippen molar-refractivity contribution in [2.45, 2.75) is 277 Å². The molecule has 0 aromatic carbocycles. The average Bonchev–Trinajstić information content (AvgIpc) is 3.28. The van der Waals surface area contributed by atoms with Gasteiger partial charge in [-0.05, 0) is 44.9 Å². The van der Waals surface area contributed by atoms with Gasteiger partial charge in [0, 0.05) is 19.3 Å². The van der Waals surface area contributed by atoms with Crippen LogP contribution in [-0.4, -0.2) is 66.5 Å². The molecule has 0 aromatic rings. The third-order valence-electron chi connectivity index (χ3n) is 11.7. The third kappa shape index (κ3) is 45.4. The van der Waals surface area contributed by atoms with Crippen molar-refractivity contribution in [3.05, 3.63) is 12.2 Å². The zero-order chi connectivity index (χ0) is 47.0. The van der Waals surface area contributed by atoms with Crippen molar-refractivity contribution >= 4 is 25.7 Å². The first-order valence-corrected chi connectivity index (χ1v) is 28.1. The summed E-state index contributed by atoms with van der Waals surface area (Å²) in [5.41, 5.74) is 0. The first-order valence-electron chi connectivity index (χ1n) is 26.6. The summed E-state index contributed by atoms with van der Waals surface area (Å²) in [7, 11) is -4.73. The third-order valence-corrected chi connectivity index (χ3v) is 12.6. The molecule has 0 aliphatic heterocycles. The zero-order valence-electron chi connectivity index (χ0n) is 41.5. The van der Waals surface area contributed by atoms with Crippen molar-refractivity contribution in [3.63, 3.8) is 0 Å². The predicted octanol–water partition coefficient (Wildman–Crippen LogP) is 14.9. The first-order chi connectivity index (χ1) is 31.2. The van der Waals surface area contributed by atoms with E-state index in [9.17, 15) is 28.9 Å². The van der Waals surface area contributed by atoms with E-state index in [1.807, 2.05) is 0 Å². The molecule has 0 rings (SSSR count). The Kier molecular flexibility index (Phi) is 46.4. The highest BCUT2D eigenvalue weighted by Gasteiger charge is 2.28. The second-order valence-corrected chi connectivity index (χ2v) is 19.5. The van der Waals surface area contributed by atoms with Crippen molar-refractivity contribution in [3.8, 4) is 0 Å². The highest BCUT2D eigenvalue weighted by molar-refractivity contribution is 7.47. The lowest BCUT2D eigenvalue weighted by atomic mass is 10.1. The minimum Gasteiger partial charge on any atom is -0.462 e. The molecule has 0 spiro atoms. The Morgan fingerprint density at radius 3 is 1.08 bits per heavy atom. The van der Waals surface area contributed by atoms with Gasteiger partial charge in [0.05, 0.1) is 19.8 Å². The van der Waals surface area contributed by atoms with Gasteiger partial charge in [-0.2, -0.15) is 0 Å². The van der Waals surface area contributed by atoms with Crippen LogP contribution in [0.5, 0.6) is 0 Å². The maximum Gasteiger partial charge on any atom is 0.472 e. The van der Waals surface area contributed by atoms with E-state index in [1.54, 1.807) is 0 Å². The van der Waals surface area contributed by atoms with E-state index in [4.69, 9.17) is 23.3 Å². The molecule has 3 unspecified atom stereocenters. The zero-order valence-corrected chi connectivity index (χ0v) is 42.4. The Morgan fingerprint density at radius 2 is 0.719 bits per heavy atom. The summed E-state index contributed by atoms with van der Waals surface area (Å²) >= 11 is 0. The molecule has 0 fully saturated rings. The minimum absolute atomic E-state index is 0.164. The van der Waals surface area contributed by atoms with Gasteiger partial charge in [0.1, 0.15) is 12.7 Å². The van der Waals surface area contributed by atoms with Crippen LogP contribution in [0.2, 0.25) is 0 Å². The van der Waals surface area contributed by atoms with Crippen LogP contribution >= 0.6 is 7.82 Å². The van der Waals surface area contributed by atoms with E-state index in [0.29, 0.717) is 19.3 Å². The van der Waals surface area contributed by atoms with Crippen LogP contribution in [0.25, 0.3) is 0 Å². The molecule has 0 aliphatic carbocycles. The summed E-state index contributed by atoms with van der Waals surface area (Å²) in [5.74, 6) is -1.45. The number of hydrogen-bond acceptors (Lipinski definition) is 10. The van der Waals surface area contributed by atoms with Gasteiger partial charge < -0.3 is 24.2 Å².